The largest absolute Gasteiger partial charge is 0.389 e. The first-order valence-electron chi connectivity index (χ1n) is 11.8. The van der Waals surface area contributed by atoms with Crippen LogP contribution in [0.5, 0.6) is 0 Å². The molecule has 3 aliphatic rings. The standard InChI is InChI=1S/C25H30F3N3O/c26-25(27,28)11-3-12-29-13-4-14-30(16-15-29)21-9-10-22-23-19(21)7-2-8-20(23)24(32)31(22)17-18-5-1-6-18/h2,7-10,18H,1,3-6,11-17H2. The van der Waals surface area contributed by atoms with Crippen LogP contribution in [0.15, 0.2) is 30.3 Å². The fraction of sp³-hybridized carbons (Fsp3) is 0.560. The lowest BCUT2D eigenvalue weighted by Gasteiger charge is -2.31. The average Bonchev–Trinajstić information content (AvgIpc) is 2.87. The predicted octanol–water partition coefficient (Wildman–Crippen LogP) is 5.45. The molecule has 0 radical (unpaired) electrons. The lowest BCUT2D eigenvalue weighted by molar-refractivity contribution is -0.136. The quantitative estimate of drug-likeness (QED) is 0.591. The second-order valence-corrected chi connectivity index (χ2v) is 9.45. The van der Waals surface area contributed by atoms with Crippen molar-refractivity contribution >= 4 is 28.1 Å². The summed E-state index contributed by atoms with van der Waals surface area (Å²) in [5, 5.41) is 2.16. The number of hydrogen-bond acceptors (Lipinski definition) is 3. The van der Waals surface area contributed by atoms with Crippen LogP contribution < -0.4 is 9.80 Å². The van der Waals surface area contributed by atoms with Crippen molar-refractivity contribution in [2.24, 2.45) is 5.92 Å². The van der Waals surface area contributed by atoms with Crippen LogP contribution in [0, 0.1) is 5.92 Å². The van der Waals surface area contributed by atoms with Crippen LogP contribution in [-0.4, -0.2) is 56.3 Å². The fourth-order valence-corrected chi connectivity index (χ4v) is 5.36. The predicted molar refractivity (Wildman–Crippen MR) is 122 cm³/mol. The highest BCUT2D eigenvalue weighted by Crippen LogP contribution is 2.43. The third kappa shape index (κ3) is 4.19. The number of nitrogens with zero attached hydrogens (tertiary/aromatic N) is 3. The number of anilines is 2. The molecular formula is C25H30F3N3O. The minimum atomic E-state index is -4.08. The number of carbonyl (C=O) groups excluding carboxylic acids is 1. The van der Waals surface area contributed by atoms with E-state index in [0.29, 0.717) is 12.5 Å². The zero-order valence-corrected chi connectivity index (χ0v) is 18.3. The van der Waals surface area contributed by atoms with E-state index in [0.717, 1.165) is 66.9 Å². The van der Waals surface area contributed by atoms with Crippen molar-refractivity contribution in [2.45, 2.75) is 44.7 Å². The van der Waals surface area contributed by atoms with Crippen molar-refractivity contribution in [3.05, 3.63) is 35.9 Å². The molecule has 0 aromatic heterocycles. The van der Waals surface area contributed by atoms with E-state index >= 15 is 0 Å². The Morgan fingerprint density at radius 2 is 1.75 bits per heavy atom. The molecule has 0 unspecified atom stereocenters. The molecule has 0 N–H and O–H groups in total. The van der Waals surface area contributed by atoms with Gasteiger partial charge in [-0.1, -0.05) is 18.6 Å². The van der Waals surface area contributed by atoms with Crippen LogP contribution in [0.4, 0.5) is 24.5 Å². The topological polar surface area (TPSA) is 26.8 Å². The zero-order chi connectivity index (χ0) is 22.3. The maximum absolute atomic E-state index is 13.1. The molecule has 2 aromatic rings. The molecule has 172 valence electrons. The molecule has 0 bridgehead atoms. The number of alkyl halides is 3. The van der Waals surface area contributed by atoms with E-state index < -0.39 is 12.6 Å². The summed E-state index contributed by atoms with van der Waals surface area (Å²) in [6, 6.07) is 10.2. The third-order valence-corrected chi connectivity index (χ3v) is 7.29. The van der Waals surface area contributed by atoms with Crippen LogP contribution in [0.1, 0.15) is 48.9 Å². The summed E-state index contributed by atoms with van der Waals surface area (Å²) in [5.41, 5.74) is 2.95. The minimum Gasteiger partial charge on any atom is -0.370 e. The van der Waals surface area contributed by atoms with Crippen molar-refractivity contribution < 1.29 is 18.0 Å². The molecule has 7 heteroatoms. The van der Waals surface area contributed by atoms with E-state index in [1.54, 1.807) is 0 Å². The Morgan fingerprint density at radius 1 is 0.938 bits per heavy atom. The van der Waals surface area contributed by atoms with Crippen molar-refractivity contribution in [2.75, 3.05) is 49.1 Å². The maximum Gasteiger partial charge on any atom is 0.389 e. The van der Waals surface area contributed by atoms with Crippen LogP contribution >= 0.6 is 0 Å². The SMILES string of the molecule is O=C1c2cccc3c(N4CCCN(CCCC(F)(F)F)CC4)ccc(c23)N1CC1CCC1. The van der Waals surface area contributed by atoms with Gasteiger partial charge in [0.1, 0.15) is 0 Å². The first kappa shape index (κ1) is 21.6. The second kappa shape index (κ2) is 8.58. The van der Waals surface area contributed by atoms with Crippen molar-refractivity contribution in [1.82, 2.24) is 4.90 Å². The van der Waals surface area contributed by atoms with Gasteiger partial charge in [0.2, 0.25) is 0 Å². The van der Waals surface area contributed by atoms with Crippen LogP contribution in [0.25, 0.3) is 10.8 Å². The molecule has 2 heterocycles. The normalized spacial score (nSPS) is 20.2. The molecular weight excluding hydrogens is 415 g/mol. The van der Waals surface area contributed by atoms with Crippen molar-refractivity contribution in [3.63, 3.8) is 0 Å². The Morgan fingerprint density at radius 3 is 2.50 bits per heavy atom. The summed E-state index contributed by atoms with van der Waals surface area (Å²) in [5.74, 6) is 0.721. The van der Waals surface area contributed by atoms with Gasteiger partial charge < -0.3 is 14.7 Å². The molecule has 0 spiro atoms. The summed E-state index contributed by atoms with van der Waals surface area (Å²) < 4.78 is 37.5. The van der Waals surface area contributed by atoms with Crippen LogP contribution in [-0.2, 0) is 0 Å². The van der Waals surface area contributed by atoms with Gasteiger partial charge in [-0.3, -0.25) is 4.79 Å². The first-order valence-corrected chi connectivity index (χ1v) is 11.8. The molecule has 2 aliphatic heterocycles. The molecule has 1 saturated carbocycles. The molecule has 1 aliphatic carbocycles. The fourth-order valence-electron chi connectivity index (χ4n) is 5.36. The molecule has 1 saturated heterocycles. The summed E-state index contributed by atoms with van der Waals surface area (Å²) in [7, 11) is 0. The number of carbonyl (C=O) groups is 1. The smallest absolute Gasteiger partial charge is 0.370 e. The monoisotopic (exact) mass is 445 g/mol. The summed E-state index contributed by atoms with van der Waals surface area (Å²) >= 11 is 0. The lowest BCUT2D eigenvalue weighted by atomic mass is 9.85. The molecule has 1 amide bonds. The third-order valence-electron chi connectivity index (χ3n) is 7.29. The summed E-state index contributed by atoms with van der Waals surface area (Å²) in [4.78, 5) is 19.6. The number of hydrogen-bond donors (Lipinski definition) is 0. The van der Waals surface area contributed by atoms with E-state index in [-0.39, 0.29) is 12.3 Å². The van der Waals surface area contributed by atoms with Gasteiger partial charge in [-0.2, -0.15) is 13.2 Å². The molecule has 2 aromatic carbocycles. The lowest BCUT2D eigenvalue weighted by Crippen LogP contribution is -2.34. The first-order chi connectivity index (χ1) is 15.4. The van der Waals surface area contributed by atoms with E-state index in [1.807, 2.05) is 17.0 Å². The Balaban J connectivity index is 1.34. The number of amides is 1. The highest BCUT2D eigenvalue weighted by molar-refractivity contribution is 6.26. The van der Waals surface area contributed by atoms with Gasteiger partial charge in [-0.05, 0) is 62.9 Å². The molecule has 2 fully saturated rings. The van der Waals surface area contributed by atoms with Gasteiger partial charge in [-0.15, -0.1) is 0 Å². The molecule has 5 rings (SSSR count). The van der Waals surface area contributed by atoms with Crippen LogP contribution in [0.3, 0.4) is 0 Å². The van der Waals surface area contributed by atoms with E-state index in [2.05, 4.69) is 28.0 Å². The van der Waals surface area contributed by atoms with Gasteiger partial charge in [0.05, 0.1) is 5.69 Å². The molecule has 32 heavy (non-hydrogen) atoms. The Bertz CT molecular complexity index is 1000. The van der Waals surface area contributed by atoms with E-state index in [4.69, 9.17) is 0 Å². The van der Waals surface area contributed by atoms with Gasteiger partial charge in [0, 0.05) is 54.6 Å². The van der Waals surface area contributed by atoms with E-state index in [9.17, 15) is 18.0 Å². The van der Waals surface area contributed by atoms with Gasteiger partial charge in [0.25, 0.3) is 5.91 Å². The van der Waals surface area contributed by atoms with Crippen LogP contribution in [0.2, 0.25) is 0 Å². The average molecular weight is 446 g/mol. The highest BCUT2D eigenvalue weighted by Gasteiger charge is 2.34. The van der Waals surface area contributed by atoms with Crippen molar-refractivity contribution in [1.29, 1.82) is 0 Å². The van der Waals surface area contributed by atoms with Gasteiger partial charge in [0.15, 0.2) is 0 Å². The summed E-state index contributed by atoms with van der Waals surface area (Å²) in [6.07, 6.45) is -0.0511. The van der Waals surface area contributed by atoms with Crippen molar-refractivity contribution in [3.8, 4) is 0 Å². The number of halogens is 3. The Kier molecular flexibility index (Phi) is 5.78. The number of rotatable bonds is 6. The highest BCUT2D eigenvalue weighted by atomic mass is 19.4. The Hall–Kier alpha value is -2.28. The number of benzene rings is 2. The maximum atomic E-state index is 13.1. The summed E-state index contributed by atoms with van der Waals surface area (Å²) in [6.45, 7) is 4.52. The molecule has 0 atom stereocenters. The zero-order valence-electron chi connectivity index (χ0n) is 18.3. The minimum absolute atomic E-state index is 0.112. The van der Waals surface area contributed by atoms with E-state index in [1.165, 1.54) is 19.3 Å². The van der Waals surface area contributed by atoms with Gasteiger partial charge in [-0.25, -0.2) is 0 Å². The molecule has 4 nitrogen and oxygen atoms in total. The Labute approximate surface area is 187 Å². The van der Waals surface area contributed by atoms with Gasteiger partial charge >= 0.3 is 6.18 Å². The second-order valence-electron chi connectivity index (χ2n) is 9.45.